The van der Waals surface area contributed by atoms with Crippen LogP contribution in [0.5, 0.6) is 0 Å². The number of nitrogens with one attached hydrogen (secondary N) is 1. The Balaban J connectivity index is 1.89. The van der Waals surface area contributed by atoms with Crippen LogP contribution in [0.25, 0.3) is 0 Å². The predicted molar refractivity (Wildman–Crippen MR) is 57.0 cm³/mol. The van der Waals surface area contributed by atoms with Gasteiger partial charge in [-0.15, -0.1) is 0 Å². The molecule has 2 rings (SSSR count). The monoisotopic (exact) mass is 193 g/mol. The van der Waals surface area contributed by atoms with Gasteiger partial charge in [0.2, 0.25) is 0 Å². The van der Waals surface area contributed by atoms with Crippen LogP contribution in [-0.2, 0) is 7.05 Å². The molecule has 1 atom stereocenters. The summed E-state index contributed by atoms with van der Waals surface area (Å²) in [5.41, 5.74) is 1.83. The Labute approximate surface area is 85.5 Å². The molecule has 1 heterocycles. The van der Waals surface area contributed by atoms with Gasteiger partial charge in [0.05, 0.1) is 5.69 Å². The van der Waals surface area contributed by atoms with Crippen molar-refractivity contribution < 1.29 is 0 Å². The van der Waals surface area contributed by atoms with Crippen molar-refractivity contribution >= 4 is 0 Å². The molecule has 1 aromatic heterocycles. The van der Waals surface area contributed by atoms with Crippen molar-refractivity contribution in [1.29, 1.82) is 0 Å². The van der Waals surface area contributed by atoms with Gasteiger partial charge in [-0.2, -0.15) is 5.10 Å². The Bertz CT molecular complexity index is 312. The van der Waals surface area contributed by atoms with E-state index < -0.39 is 0 Å². The van der Waals surface area contributed by atoms with E-state index in [0.717, 1.165) is 6.54 Å². The van der Waals surface area contributed by atoms with Gasteiger partial charge in [0.25, 0.3) is 0 Å². The van der Waals surface area contributed by atoms with Gasteiger partial charge in [0.1, 0.15) is 0 Å². The first-order valence-corrected chi connectivity index (χ1v) is 5.32. The molecule has 1 N–H and O–H groups in total. The zero-order chi connectivity index (χ0) is 10.2. The van der Waals surface area contributed by atoms with Crippen LogP contribution in [-0.4, -0.2) is 16.3 Å². The Morgan fingerprint density at radius 3 is 2.86 bits per heavy atom. The van der Waals surface area contributed by atoms with E-state index in [1.54, 1.807) is 0 Å². The van der Waals surface area contributed by atoms with Crippen molar-refractivity contribution in [3.05, 3.63) is 18.0 Å². The molecule has 3 nitrogen and oxygen atoms in total. The number of aromatic nitrogens is 2. The minimum atomic E-state index is 0.403. The van der Waals surface area contributed by atoms with Crippen LogP contribution in [0.3, 0.4) is 0 Å². The second-order valence-corrected chi connectivity index (χ2v) is 4.79. The summed E-state index contributed by atoms with van der Waals surface area (Å²) in [4.78, 5) is 0. The van der Waals surface area contributed by atoms with E-state index in [-0.39, 0.29) is 0 Å². The van der Waals surface area contributed by atoms with E-state index in [9.17, 15) is 0 Å². The second kappa shape index (κ2) is 3.39. The second-order valence-electron chi connectivity index (χ2n) is 4.79. The summed E-state index contributed by atoms with van der Waals surface area (Å²) in [5.74, 6) is 0. The third-order valence-electron chi connectivity index (χ3n) is 3.24. The van der Waals surface area contributed by atoms with Crippen molar-refractivity contribution in [2.24, 2.45) is 12.5 Å². The van der Waals surface area contributed by atoms with Gasteiger partial charge in [0, 0.05) is 25.8 Å². The number of aryl methyl sites for hydroxylation is 1. The smallest absolute Gasteiger partial charge is 0.0547 e. The molecule has 0 bridgehead atoms. The average Bonchev–Trinajstić information content (AvgIpc) is 2.72. The summed E-state index contributed by atoms with van der Waals surface area (Å²) >= 11 is 0. The lowest BCUT2D eigenvalue weighted by Gasteiger charge is -2.17. The fourth-order valence-electron chi connectivity index (χ4n) is 1.70. The summed E-state index contributed by atoms with van der Waals surface area (Å²) < 4.78 is 1.94. The first-order chi connectivity index (χ1) is 6.61. The number of nitrogens with zero attached hydrogens (tertiary/aromatic N) is 2. The normalized spacial score (nSPS) is 20.8. The molecule has 1 aromatic rings. The van der Waals surface area contributed by atoms with Crippen LogP contribution >= 0.6 is 0 Å². The molecular weight excluding hydrogens is 174 g/mol. The molecule has 14 heavy (non-hydrogen) atoms. The summed E-state index contributed by atoms with van der Waals surface area (Å²) in [6, 6.07) is 2.48. The van der Waals surface area contributed by atoms with Crippen molar-refractivity contribution in [1.82, 2.24) is 15.1 Å². The predicted octanol–water partition coefficient (Wildman–Crippen LogP) is 1.87. The largest absolute Gasteiger partial charge is 0.308 e. The van der Waals surface area contributed by atoms with E-state index in [2.05, 4.69) is 30.3 Å². The Morgan fingerprint density at radius 1 is 1.64 bits per heavy atom. The summed E-state index contributed by atoms with van der Waals surface area (Å²) in [6.45, 7) is 5.66. The molecule has 0 saturated heterocycles. The fraction of sp³-hybridized carbons (Fsp3) is 0.727. The van der Waals surface area contributed by atoms with Crippen LogP contribution in [0, 0.1) is 5.41 Å². The lowest BCUT2D eigenvalue weighted by molar-refractivity contribution is 0.443. The van der Waals surface area contributed by atoms with Gasteiger partial charge in [-0.25, -0.2) is 0 Å². The molecule has 0 amide bonds. The molecule has 1 aliphatic carbocycles. The number of rotatable bonds is 4. The van der Waals surface area contributed by atoms with Gasteiger partial charge in [-0.3, -0.25) is 4.68 Å². The molecule has 0 aromatic carbocycles. The molecule has 3 heteroatoms. The standard InChI is InChI=1S/C11H19N3/c1-9(10-4-7-13-14(10)3)12-8-11(2)5-6-11/h4,7,9,12H,5-6,8H2,1-3H3. The lowest BCUT2D eigenvalue weighted by atomic mass is 10.1. The van der Waals surface area contributed by atoms with Crippen LogP contribution in [0.1, 0.15) is 38.4 Å². The van der Waals surface area contributed by atoms with E-state index in [1.807, 2.05) is 17.9 Å². The quantitative estimate of drug-likeness (QED) is 0.791. The molecule has 1 fully saturated rings. The minimum Gasteiger partial charge on any atom is -0.308 e. The molecule has 78 valence electrons. The highest BCUT2D eigenvalue weighted by Crippen LogP contribution is 2.44. The van der Waals surface area contributed by atoms with Crippen LogP contribution in [0.4, 0.5) is 0 Å². The molecule has 1 saturated carbocycles. The molecule has 0 spiro atoms. The van der Waals surface area contributed by atoms with Gasteiger partial charge in [-0.1, -0.05) is 6.92 Å². The van der Waals surface area contributed by atoms with Crippen molar-refractivity contribution in [3.63, 3.8) is 0 Å². The molecule has 1 unspecified atom stereocenters. The van der Waals surface area contributed by atoms with E-state index in [1.165, 1.54) is 18.5 Å². The van der Waals surface area contributed by atoms with E-state index in [0.29, 0.717) is 11.5 Å². The Morgan fingerprint density at radius 2 is 2.36 bits per heavy atom. The van der Waals surface area contributed by atoms with Crippen molar-refractivity contribution in [2.45, 2.75) is 32.7 Å². The zero-order valence-corrected chi connectivity index (χ0v) is 9.25. The van der Waals surface area contributed by atoms with Crippen LogP contribution < -0.4 is 5.32 Å². The Hall–Kier alpha value is -0.830. The third kappa shape index (κ3) is 1.98. The van der Waals surface area contributed by atoms with Crippen molar-refractivity contribution in [2.75, 3.05) is 6.54 Å². The highest BCUT2D eigenvalue weighted by atomic mass is 15.3. The summed E-state index contributed by atoms with van der Waals surface area (Å²) in [7, 11) is 1.99. The van der Waals surface area contributed by atoms with Crippen LogP contribution in [0.2, 0.25) is 0 Å². The van der Waals surface area contributed by atoms with Gasteiger partial charge < -0.3 is 5.32 Å². The topological polar surface area (TPSA) is 29.9 Å². The summed E-state index contributed by atoms with van der Waals surface area (Å²) in [5, 5.41) is 7.74. The molecular formula is C11H19N3. The lowest BCUT2D eigenvalue weighted by Crippen LogP contribution is -2.26. The van der Waals surface area contributed by atoms with Gasteiger partial charge >= 0.3 is 0 Å². The average molecular weight is 193 g/mol. The van der Waals surface area contributed by atoms with Crippen molar-refractivity contribution in [3.8, 4) is 0 Å². The third-order valence-corrected chi connectivity index (χ3v) is 3.24. The molecule has 1 aliphatic rings. The van der Waals surface area contributed by atoms with Gasteiger partial charge in [0.15, 0.2) is 0 Å². The van der Waals surface area contributed by atoms with E-state index >= 15 is 0 Å². The number of hydrogen-bond donors (Lipinski definition) is 1. The highest BCUT2D eigenvalue weighted by molar-refractivity contribution is 5.06. The SMILES string of the molecule is CC(NCC1(C)CC1)c1ccnn1C. The van der Waals surface area contributed by atoms with E-state index in [4.69, 9.17) is 0 Å². The maximum Gasteiger partial charge on any atom is 0.0547 e. The first kappa shape index (κ1) is 9.71. The first-order valence-electron chi connectivity index (χ1n) is 5.32. The maximum atomic E-state index is 4.17. The fourth-order valence-corrected chi connectivity index (χ4v) is 1.70. The number of hydrogen-bond acceptors (Lipinski definition) is 2. The maximum absolute atomic E-state index is 4.17. The Kier molecular flexibility index (Phi) is 2.35. The van der Waals surface area contributed by atoms with Gasteiger partial charge in [-0.05, 0) is 31.2 Å². The van der Waals surface area contributed by atoms with Crippen LogP contribution in [0.15, 0.2) is 12.3 Å². The zero-order valence-electron chi connectivity index (χ0n) is 9.25. The highest BCUT2D eigenvalue weighted by Gasteiger charge is 2.37. The summed E-state index contributed by atoms with van der Waals surface area (Å²) in [6.07, 6.45) is 4.60. The minimum absolute atomic E-state index is 0.403. The molecule has 0 radical (unpaired) electrons. The molecule has 0 aliphatic heterocycles.